The summed E-state index contributed by atoms with van der Waals surface area (Å²) in [4.78, 5) is 0. The molecule has 0 heterocycles. The SMILES string of the molecule is CC[C@H](N)c1ccc(OC(F)(F)F)c(F)c1.Cl. The molecule has 1 atom stereocenters. The lowest BCUT2D eigenvalue weighted by molar-refractivity contribution is -0.275. The Morgan fingerprint density at radius 1 is 1.35 bits per heavy atom. The minimum absolute atomic E-state index is 0. The molecule has 0 fully saturated rings. The third-order valence-corrected chi connectivity index (χ3v) is 2.05. The van der Waals surface area contributed by atoms with Gasteiger partial charge < -0.3 is 10.5 Å². The lowest BCUT2D eigenvalue weighted by Crippen LogP contribution is -2.18. The normalized spacial score (nSPS) is 12.8. The number of benzene rings is 1. The Kier molecular flexibility index (Phi) is 5.71. The molecule has 17 heavy (non-hydrogen) atoms. The van der Waals surface area contributed by atoms with Gasteiger partial charge in [-0.3, -0.25) is 0 Å². The average Bonchev–Trinajstić information content (AvgIpc) is 2.18. The molecule has 0 aliphatic heterocycles. The second-order valence-corrected chi connectivity index (χ2v) is 3.25. The van der Waals surface area contributed by atoms with Crippen molar-refractivity contribution in [2.75, 3.05) is 0 Å². The van der Waals surface area contributed by atoms with E-state index in [2.05, 4.69) is 4.74 Å². The van der Waals surface area contributed by atoms with Gasteiger partial charge >= 0.3 is 6.36 Å². The van der Waals surface area contributed by atoms with Gasteiger partial charge in [0.15, 0.2) is 11.6 Å². The highest BCUT2D eigenvalue weighted by molar-refractivity contribution is 5.85. The third kappa shape index (κ3) is 4.79. The minimum Gasteiger partial charge on any atom is -0.403 e. The number of ether oxygens (including phenoxy) is 1. The van der Waals surface area contributed by atoms with Crippen LogP contribution < -0.4 is 10.5 Å². The molecule has 0 aliphatic rings. The minimum atomic E-state index is -4.89. The molecule has 0 aliphatic carbocycles. The van der Waals surface area contributed by atoms with E-state index < -0.39 is 24.0 Å². The van der Waals surface area contributed by atoms with Crippen molar-refractivity contribution >= 4 is 12.4 Å². The van der Waals surface area contributed by atoms with Crippen LogP contribution in [0.4, 0.5) is 17.6 Å². The highest BCUT2D eigenvalue weighted by Crippen LogP contribution is 2.27. The topological polar surface area (TPSA) is 35.2 Å². The van der Waals surface area contributed by atoms with E-state index in [1.807, 2.05) is 0 Å². The van der Waals surface area contributed by atoms with Crippen molar-refractivity contribution in [3.8, 4) is 5.75 Å². The maximum Gasteiger partial charge on any atom is 0.573 e. The van der Waals surface area contributed by atoms with E-state index in [4.69, 9.17) is 5.73 Å². The monoisotopic (exact) mass is 273 g/mol. The fourth-order valence-electron chi connectivity index (χ4n) is 1.19. The molecule has 0 bridgehead atoms. The summed E-state index contributed by atoms with van der Waals surface area (Å²) in [7, 11) is 0. The number of halogens is 5. The van der Waals surface area contributed by atoms with Crippen molar-refractivity contribution in [1.29, 1.82) is 0 Å². The summed E-state index contributed by atoms with van der Waals surface area (Å²) >= 11 is 0. The Balaban J connectivity index is 0.00000256. The Hall–Kier alpha value is -1.01. The van der Waals surface area contributed by atoms with Gasteiger partial charge in [-0.15, -0.1) is 25.6 Å². The van der Waals surface area contributed by atoms with Gasteiger partial charge in [-0.25, -0.2) is 4.39 Å². The maximum absolute atomic E-state index is 13.2. The van der Waals surface area contributed by atoms with Gasteiger partial charge in [-0.05, 0) is 24.1 Å². The standard InChI is InChI=1S/C10H11F4NO.ClH/c1-2-8(15)6-3-4-9(7(11)5-6)16-10(12,13)14;/h3-5,8H,2,15H2,1H3;1H/t8-;/m0./s1. The molecule has 0 aromatic heterocycles. The van der Waals surface area contributed by atoms with Crippen LogP contribution in [0.25, 0.3) is 0 Å². The summed E-state index contributed by atoms with van der Waals surface area (Å²) in [6.07, 6.45) is -4.33. The summed E-state index contributed by atoms with van der Waals surface area (Å²) in [6.45, 7) is 1.79. The number of hydrogen-bond donors (Lipinski definition) is 1. The summed E-state index contributed by atoms with van der Waals surface area (Å²) < 4.78 is 52.2. The predicted octanol–water partition coefficient (Wildman–Crippen LogP) is 3.56. The molecule has 1 aromatic rings. The van der Waals surface area contributed by atoms with Crippen LogP contribution in [0.2, 0.25) is 0 Å². The smallest absolute Gasteiger partial charge is 0.403 e. The molecule has 98 valence electrons. The highest BCUT2D eigenvalue weighted by Gasteiger charge is 2.32. The number of nitrogens with two attached hydrogens (primary N) is 1. The lowest BCUT2D eigenvalue weighted by Gasteiger charge is -2.13. The van der Waals surface area contributed by atoms with Crippen LogP contribution in [0, 0.1) is 5.82 Å². The van der Waals surface area contributed by atoms with Gasteiger partial charge in [0.05, 0.1) is 0 Å². The number of rotatable bonds is 3. The summed E-state index contributed by atoms with van der Waals surface area (Å²) in [6, 6.07) is 2.80. The first kappa shape index (κ1) is 16.0. The molecule has 0 saturated heterocycles. The first-order valence-corrected chi connectivity index (χ1v) is 4.64. The number of alkyl halides is 3. The van der Waals surface area contributed by atoms with Gasteiger partial charge in [-0.1, -0.05) is 13.0 Å². The van der Waals surface area contributed by atoms with Gasteiger partial charge in [0.1, 0.15) is 0 Å². The summed E-state index contributed by atoms with van der Waals surface area (Å²) in [5.41, 5.74) is 6.05. The van der Waals surface area contributed by atoms with E-state index in [1.54, 1.807) is 6.92 Å². The zero-order chi connectivity index (χ0) is 12.3. The van der Waals surface area contributed by atoms with E-state index in [0.29, 0.717) is 12.0 Å². The van der Waals surface area contributed by atoms with Gasteiger partial charge in [0.2, 0.25) is 0 Å². The van der Waals surface area contributed by atoms with E-state index >= 15 is 0 Å². The van der Waals surface area contributed by atoms with E-state index in [9.17, 15) is 17.6 Å². The molecule has 0 radical (unpaired) electrons. The quantitative estimate of drug-likeness (QED) is 0.855. The van der Waals surface area contributed by atoms with E-state index in [0.717, 1.165) is 12.1 Å². The number of hydrogen-bond acceptors (Lipinski definition) is 2. The molecule has 2 nitrogen and oxygen atoms in total. The fourth-order valence-corrected chi connectivity index (χ4v) is 1.19. The molecular weight excluding hydrogens is 262 g/mol. The molecule has 0 saturated carbocycles. The second kappa shape index (κ2) is 6.07. The van der Waals surface area contributed by atoms with Crippen LogP contribution in [0.15, 0.2) is 18.2 Å². The predicted molar refractivity (Wildman–Crippen MR) is 57.6 cm³/mol. The molecular formula is C10H12ClF4NO. The summed E-state index contributed by atoms with van der Waals surface area (Å²) in [5.74, 6) is -1.92. The lowest BCUT2D eigenvalue weighted by atomic mass is 10.1. The second-order valence-electron chi connectivity index (χ2n) is 3.25. The molecule has 0 spiro atoms. The molecule has 7 heteroatoms. The average molecular weight is 274 g/mol. The van der Waals surface area contributed by atoms with Crippen molar-refractivity contribution in [2.24, 2.45) is 5.73 Å². The van der Waals surface area contributed by atoms with E-state index in [-0.39, 0.29) is 12.4 Å². The van der Waals surface area contributed by atoms with Crippen LogP contribution >= 0.6 is 12.4 Å². The Labute approximate surface area is 102 Å². The first-order valence-electron chi connectivity index (χ1n) is 4.64. The zero-order valence-electron chi connectivity index (χ0n) is 8.92. The van der Waals surface area contributed by atoms with Crippen LogP contribution in [-0.4, -0.2) is 6.36 Å². The largest absolute Gasteiger partial charge is 0.573 e. The van der Waals surface area contributed by atoms with Crippen molar-refractivity contribution in [3.63, 3.8) is 0 Å². The van der Waals surface area contributed by atoms with Gasteiger partial charge in [-0.2, -0.15) is 0 Å². The molecule has 2 N–H and O–H groups in total. The third-order valence-electron chi connectivity index (χ3n) is 2.05. The first-order chi connectivity index (χ1) is 7.33. The summed E-state index contributed by atoms with van der Waals surface area (Å²) in [5, 5.41) is 0. The zero-order valence-corrected chi connectivity index (χ0v) is 9.74. The Morgan fingerprint density at radius 2 is 1.94 bits per heavy atom. The Bertz CT molecular complexity index is 370. The van der Waals surface area contributed by atoms with Crippen molar-refractivity contribution in [3.05, 3.63) is 29.6 Å². The molecule has 0 unspecified atom stereocenters. The van der Waals surface area contributed by atoms with Crippen LogP contribution in [0.5, 0.6) is 5.75 Å². The van der Waals surface area contributed by atoms with E-state index in [1.165, 1.54) is 6.07 Å². The maximum atomic E-state index is 13.2. The molecule has 1 aromatic carbocycles. The van der Waals surface area contributed by atoms with Gasteiger partial charge in [0.25, 0.3) is 0 Å². The molecule has 1 rings (SSSR count). The van der Waals surface area contributed by atoms with Gasteiger partial charge in [0, 0.05) is 6.04 Å². The fraction of sp³-hybridized carbons (Fsp3) is 0.400. The van der Waals surface area contributed by atoms with Crippen LogP contribution in [0.3, 0.4) is 0 Å². The van der Waals surface area contributed by atoms with Crippen molar-refractivity contribution in [2.45, 2.75) is 25.7 Å². The van der Waals surface area contributed by atoms with Crippen LogP contribution in [0.1, 0.15) is 24.9 Å². The van der Waals surface area contributed by atoms with Crippen molar-refractivity contribution < 1.29 is 22.3 Å². The van der Waals surface area contributed by atoms with Crippen molar-refractivity contribution in [1.82, 2.24) is 0 Å². The molecule has 0 amide bonds. The van der Waals surface area contributed by atoms with Crippen LogP contribution in [-0.2, 0) is 0 Å². The highest BCUT2D eigenvalue weighted by atomic mass is 35.5. The Morgan fingerprint density at radius 3 is 2.35 bits per heavy atom.